The lowest BCUT2D eigenvalue weighted by Crippen LogP contribution is -2.57. The molecular formula is C23H27N5O4. The van der Waals surface area contributed by atoms with Gasteiger partial charge in [0.15, 0.2) is 0 Å². The van der Waals surface area contributed by atoms with Crippen molar-refractivity contribution in [1.29, 1.82) is 5.26 Å². The van der Waals surface area contributed by atoms with Crippen LogP contribution in [0.3, 0.4) is 0 Å². The highest BCUT2D eigenvalue weighted by atomic mass is 16.5. The van der Waals surface area contributed by atoms with E-state index in [9.17, 15) is 19.6 Å². The minimum Gasteiger partial charge on any atom is -0.429 e. The molecule has 4 aliphatic rings. The molecule has 0 radical (unpaired) electrons. The van der Waals surface area contributed by atoms with Gasteiger partial charge in [-0.05, 0) is 49.8 Å². The second-order valence-corrected chi connectivity index (χ2v) is 9.36. The van der Waals surface area contributed by atoms with E-state index < -0.39 is 6.04 Å². The number of nitrogens with two attached hydrogens (primary N) is 1. The van der Waals surface area contributed by atoms with E-state index in [1.807, 2.05) is 28.9 Å². The van der Waals surface area contributed by atoms with Crippen molar-refractivity contribution in [3.8, 4) is 11.8 Å². The molecule has 0 aromatic heterocycles. The van der Waals surface area contributed by atoms with Gasteiger partial charge in [-0.2, -0.15) is 5.26 Å². The Bertz CT molecular complexity index is 976. The lowest BCUT2D eigenvalue weighted by Gasteiger charge is -2.38. The molecule has 2 amide bonds. The molecule has 5 rings (SSSR count). The molecule has 1 saturated carbocycles. The van der Waals surface area contributed by atoms with Crippen molar-refractivity contribution in [1.82, 2.24) is 14.7 Å². The molecule has 2 bridgehead atoms. The number of rotatable bonds is 7. The van der Waals surface area contributed by atoms with Crippen molar-refractivity contribution in [2.75, 3.05) is 13.1 Å². The average molecular weight is 438 g/mol. The van der Waals surface area contributed by atoms with Gasteiger partial charge in [0.1, 0.15) is 11.8 Å². The van der Waals surface area contributed by atoms with Crippen LogP contribution in [0.25, 0.3) is 0 Å². The molecule has 7 atom stereocenters. The van der Waals surface area contributed by atoms with E-state index in [4.69, 9.17) is 10.5 Å². The number of ether oxygens (including phenoxy) is 1. The van der Waals surface area contributed by atoms with E-state index in [1.54, 1.807) is 17.0 Å². The number of piperazine rings is 1. The van der Waals surface area contributed by atoms with Crippen molar-refractivity contribution in [3.05, 3.63) is 29.8 Å². The number of carbonyl (C=O) groups is 3. The van der Waals surface area contributed by atoms with E-state index in [0.29, 0.717) is 31.2 Å². The molecular weight excluding hydrogens is 410 g/mol. The van der Waals surface area contributed by atoms with Gasteiger partial charge in [-0.15, -0.1) is 0 Å². The Labute approximate surface area is 186 Å². The summed E-state index contributed by atoms with van der Waals surface area (Å²) in [6.45, 7) is 3.40. The van der Waals surface area contributed by atoms with Gasteiger partial charge in [-0.3, -0.25) is 19.3 Å². The molecule has 3 heterocycles. The maximum absolute atomic E-state index is 13.2. The number of benzene rings is 1. The van der Waals surface area contributed by atoms with E-state index in [2.05, 4.69) is 6.07 Å². The molecule has 3 saturated heterocycles. The van der Waals surface area contributed by atoms with Crippen LogP contribution in [-0.2, 0) is 14.4 Å². The Morgan fingerprint density at radius 2 is 2.06 bits per heavy atom. The summed E-state index contributed by atoms with van der Waals surface area (Å²) in [6.07, 6.45) is 2.45. The van der Waals surface area contributed by atoms with E-state index in [-0.39, 0.29) is 42.0 Å². The standard InChI is InChI=1S/C23H27N5O4/c1-13(14-2-4-18(5-3-14)32-12-29)27-17-8-21(23(27)31)26(10-17)11-19(25)22(30)28-16(9-24)6-15-7-20(15)28/h2-5,12-13,15-17,19-21H,6-8,10-11,25H2,1H3/t13-,15?,16+,17+,19+,20+,21+/m1/s1. The minimum atomic E-state index is -0.728. The number of amides is 2. The van der Waals surface area contributed by atoms with Gasteiger partial charge in [0.25, 0.3) is 6.47 Å². The largest absolute Gasteiger partial charge is 0.429 e. The van der Waals surface area contributed by atoms with Crippen LogP contribution in [0.15, 0.2) is 24.3 Å². The molecule has 1 aromatic rings. The van der Waals surface area contributed by atoms with E-state index >= 15 is 0 Å². The summed E-state index contributed by atoms with van der Waals surface area (Å²) in [6, 6.07) is 8.17. The summed E-state index contributed by atoms with van der Waals surface area (Å²) in [4.78, 5) is 42.2. The molecule has 168 valence electrons. The summed E-state index contributed by atoms with van der Waals surface area (Å²) >= 11 is 0. The molecule has 1 unspecified atom stereocenters. The molecule has 9 nitrogen and oxygen atoms in total. The molecule has 3 aliphatic heterocycles. The van der Waals surface area contributed by atoms with Crippen LogP contribution in [0, 0.1) is 17.2 Å². The van der Waals surface area contributed by atoms with E-state index in [1.165, 1.54) is 0 Å². The number of nitriles is 1. The van der Waals surface area contributed by atoms with Crippen molar-refractivity contribution >= 4 is 18.3 Å². The van der Waals surface area contributed by atoms with Gasteiger partial charge in [-0.1, -0.05) is 12.1 Å². The first-order valence-corrected chi connectivity index (χ1v) is 11.2. The van der Waals surface area contributed by atoms with Crippen LogP contribution in [0.2, 0.25) is 0 Å². The molecule has 1 aromatic carbocycles. The third kappa shape index (κ3) is 3.34. The van der Waals surface area contributed by atoms with Crippen LogP contribution in [0.5, 0.6) is 5.75 Å². The molecule has 9 heteroatoms. The van der Waals surface area contributed by atoms with Crippen LogP contribution >= 0.6 is 0 Å². The van der Waals surface area contributed by atoms with Gasteiger partial charge in [0, 0.05) is 25.2 Å². The molecule has 32 heavy (non-hydrogen) atoms. The number of carbonyl (C=O) groups excluding carboxylic acids is 3. The number of fused-ring (bicyclic) bond motifs is 3. The second-order valence-electron chi connectivity index (χ2n) is 9.36. The lowest BCUT2D eigenvalue weighted by molar-refractivity contribution is -0.141. The first kappa shape index (κ1) is 20.9. The Balaban J connectivity index is 1.21. The lowest BCUT2D eigenvalue weighted by atomic mass is 10.1. The molecule has 1 aliphatic carbocycles. The third-order valence-corrected chi connectivity index (χ3v) is 7.53. The highest BCUT2D eigenvalue weighted by Crippen LogP contribution is 2.48. The highest BCUT2D eigenvalue weighted by Gasteiger charge is 2.56. The first-order valence-electron chi connectivity index (χ1n) is 11.2. The predicted molar refractivity (Wildman–Crippen MR) is 113 cm³/mol. The summed E-state index contributed by atoms with van der Waals surface area (Å²) in [5, 5.41) is 9.36. The normalized spacial score (nSPS) is 32.4. The van der Waals surface area contributed by atoms with Crippen LogP contribution < -0.4 is 10.5 Å². The number of likely N-dealkylation sites (tertiary alicyclic amines) is 3. The van der Waals surface area contributed by atoms with Gasteiger partial charge in [0.05, 0.1) is 24.2 Å². The van der Waals surface area contributed by atoms with Gasteiger partial charge in [-0.25, -0.2) is 0 Å². The Hall–Kier alpha value is -2.96. The third-order valence-electron chi connectivity index (χ3n) is 7.53. The SMILES string of the molecule is C[C@H](c1ccc(OC=O)cc1)N1C(=O)[C@@H]2C[C@H]1CN2C[C@H](N)C(=O)N1[C@H](C#N)CC2C[C@@H]21. The van der Waals surface area contributed by atoms with Gasteiger partial charge >= 0.3 is 0 Å². The van der Waals surface area contributed by atoms with Crippen LogP contribution in [0.4, 0.5) is 0 Å². The molecule has 4 fully saturated rings. The molecule has 0 spiro atoms. The van der Waals surface area contributed by atoms with E-state index in [0.717, 1.165) is 24.8 Å². The molecule has 2 N–H and O–H groups in total. The van der Waals surface area contributed by atoms with Crippen molar-refractivity contribution in [2.45, 2.75) is 62.4 Å². The Morgan fingerprint density at radius 3 is 2.72 bits per heavy atom. The zero-order chi connectivity index (χ0) is 22.6. The number of hydrogen-bond acceptors (Lipinski definition) is 7. The fraction of sp³-hybridized carbons (Fsp3) is 0.565. The smallest absolute Gasteiger partial charge is 0.298 e. The van der Waals surface area contributed by atoms with Crippen molar-refractivity contribution < 1.29 is 19.1 Å². The number of nitrogens with zero attached hydrogens (tertiary/aromatic N) is 4. The minimum absolute atomic E-state index is 0.0555. The van der Waals surface area contributed by atoms with Crippen molar-refractivity contribution in [3.63, 3.8) is 0 Å². The highest BCUT2D eigenvalue weighted by molar-refractivity contribution is 5.87. The topological polar surface area (TPSA) is 120 Å². The number of piperidine rings is 1. The van der Waals surface area contributed by atoms with Crippen LogP contribution in [0.1, 0.15) is 37.8 Å². The monoisotopic (exact) mass is 437 g/mol. The zero-order valence-corrected chi connectivity index (χ0v) is 18.0. The predicted octanol–water partition coefficient (Wildman–Crippen LogP) is 0.408. The van der Waals surface area contributed by atoms with Gasteiger partial charge in [0.2, 0.25) is 11.8 Å². The van der Waals surface area contributed by atoms with Crippen molar-refractivity contribution in [2.24, 2.45) is 11.7 Å². The summed E-state index contributed by atoms with van der Waals surface area (Å²) in [5.41, 5.74) is 7.24. The zero-order valence-electron chi connectivity index (χ0n) is 18.0. The Kier molecular flexibility index (Phi) is 5.14. The fourth-order valence-electron chi connectivity index (χ4n) is 5.85. The maximum atomic E-state index is 13.2. The average Bonchev–Trinajstić information content (AvgIpc) is 3.12. The first-order chi connectivity index (χ1) is 15.4. The van der Waals surface area contributed by atoms with Gasteiger partial charge < -0.3 is 20.3 Å². The Morgan fingerprint density at radius 1 is 1.31 bits per heavy atom. The summed E-state index contributed by atoms with van der Waals surface area (Å²) < 4.78 is 4.84. The van der Waals surface area contributed by atoms with Crippen LogP contribution in [-0.4, -0.2) is 76.3 Å². The second kappa shape index (κ2) is 7.87. The summed E-state index contributed by atoms with van der Waals surface area (Å²) in [5.74, 6) is 0.804. The fourth-order valence-corrected chi connectivity index (χ4v) is 5.85. The maximum Gasteiger partial charge on any atom is 0.298 e. The quantitative estimate of drug-likeness (QED) is 0.614. The number of hydrogen-bond donors (Lipinski definition) is 1. The summed E-state index contributed by atoms with van der Waals surface area (Å²) in [7, 11) is 0.